The van der Waals surface area contributed by atoms with E-state index in [1.165, 1.54) is 4.85 Å². The van der Waals surface area contributed by atoms with Crippen LogP contribution < -0.4 is 0 Å². The van der Waals surface area contributed by atoms with E-state index in [-0.39, 0.29) is 0 Å². The monoisotopic (exact) mass is 87.0 g/mol. The zero-order valence-electron chi connectivity index (χ0n) is 3.22. The van der Waals surface area contributed by atoms with Crippen LogP contribution in [-0.2, 0) is 6.67 Å². The molecule has 34 valence electrons. The molecule has 0 radical (unpaired) electrons. The van der Waals surface area contributed by atoms with Crippen LogP contribution in [0.15, 0.2) is 9.62 Å². The van der Waals surface area contributed by atoms with Gasteiger partial charge in [0.15, 0.2) is 6.67 Å². The number of rotatable bonds is 2. The second-order valence-corrected chi connectivity index (χ2v) is 0.926. The van der Waals surface area contributed by atoms with Gasteiger partial charge in [-0.15, -0.1) is 5.27 Å². The van der Waals surface area contributed by atoms with Crippen LogP contribution in [0.4, 0.5) is 0 Å². The lowest BCUT2D eigenvalue weighted by atomic mass is 11.2. The van der Waals surface area contributed by atoms with Crippen LogP contribution in [0, 0.1) is 0 Å². The molecule has 1 rings (SSSR count). The third-order valence-corrected chi connectivity index (χ3v) is 0.449. The molecule has 4 nitrogen and oxygen atoms in total. The summed E-state index contributed by atoms with van der Waals surface area (Å²) in [6.07, 6.45) is 0. The van der Waals surface area contributed by atoms with E-state index in [2.05, 4.69) is 21.6 Å². The Labute approximate surface area is 34.4 Å². The summed E-state index contributed by atoms with van der Waals surface area (Å²) >= 11 is 0. The zero-order chi connectivity index (χ0) is 4.41. The fraction of sp³-hybridized carbons (Fsp3) is 0.500. The van der Waals surface area contributed by atoms with Crippen molar-refractivity contribution < 1.29 is 4.63 Å². The molecule has 1 aromatic heterocycles. The van der Waals surface area contributed by atoms with Gasteiger partial charge in [-0.1, -0.05) is 4.85 Å². The van der Waals surface area contributed by atoms with Crippen molar-refractivity contribution in [2.75, 3.05) is 0 Å². The van der Waals surface area contributed by atoms with Gasteiger partial charge in [0.2, 0.25) is 0 Å². The summed E-state index contributed by atoms with van der Waals surface area (Å²) in [5.41, 5.74) is 0. The normalized spacial score (nSPS) is 9.33. The Morgan fingerprint density at radius 1 is 2.00 bits per heavy atom. The van der Waals surface area contributed by atoms with Crippen molar-refractivity contribution in [3.8, 4) is 0 Å². The molecule has 0 aromatic carbocycles. The quantitative estimate of drug-likeness (QED) is 0.509. The Morgan fingerprint density at radius 3 is 2.83 bits per heavy atom. The maximum atomic E-state index is 4.40. The second kappa shape index (κ2) is 1.04. The molecule has 0 bridgehead atoms. The zero-order valence-corrected chi connectivity index (χ0v) is 3.22. The number of hydrogen-bond acceptors (Lipinski definition) is 2. The average Bonchev–Trinajstić information content (AvgIpc) is 2.21. The van der Waals surface area contributed by atoms with Gasteiger partial charge in [0.25, 0.3) is 0 Å². The van der Waals surface area contributed by atoms with Crippen molar-refractivity contribution in [3.05, 3.63) is 0 Å². The molecule has 0 atom stereocenters. The summed E-state index contributed by atoms with van der Waals surface area (Å²) in [5, 5.41) is 2.43. The molecule has 1 aromatic rings. The van der Waals surface area contributed by atoms with Crippen molar-refractivity contribution in [1.29, 1.82) is 0 Å². The molecule has 0 unspecified atom stereocenters. The molecular weight excluding hydrogens is 82.0 g/mol. The first-order chi connectivity index (χ1) is 2.93. The van der Waals surface area contributed by atoms with Gasteiger partial charge in [-0.3, -0.25) is 9.62 Å². The van der Waals surface area contributed by atoms with Crippen LogP contribution in [-0.4, -0.2) is 16.8 Å². The van der Waals surface area contributed by atoms with Gasteiger partial charge in [0, 0.05) is 0 Å². The largest absolute Gasteiger partial charge is 0.274 e. The first kappa shape index (κ1) is 3.27. The summed E-state index contributed by atoms with van der Waals surface area (Å²) in [6, 6.07) is 0. The Kier molecular flexibility index (Phi) is 0.567. The molecule has 0 spiro atoms. The Morgan fingerprint density at radius 2 is 2.67 bits per heavy atom. The summed E-state index contributed by atoms with van der Waals surface area (Å²) < 4.78 is 4.40. The molecule has 4 heteroatoms. The number of aromatic nitrogens is 2. The van der Waals surface area contributed by atoms with Crippen LogP contribution in [0.25, 0.3) is 0 Å². The predicted octanol–water partition coefficient (Wildman–Crippen LogP) is 0.0673. The van der Waals surface area contributed by atoms with E-state index in [9.17, 15) is 0 Å². The number of aromatic amines is 1. The van der Waals surface area contributed by atoms with Crippen LogP contribution in [0.1, 0.15) is 0 Å². The van der Waals surface area contributed by atoms with E-state index in [1.807, 2.05) is 0 Å². The predicted molar refractivity (Wildman–Crippen MR) is 20.6 cm³/mol. The van der Waals surface area contributed by atoms with Crippen LogP contribution in [0.3, 0.4) is 0 Å². The summed E-state index contributed by atoms with van der Waals surface area (Å²) in [4.78, 5) is 4.94. The molecular formula is C2H5N3O. The first-order valence-corrected chi connectivity index (χ1v) is 1.56. The van der Waals surface area contributed by atoms with E-state index in [0.29, 0.717) is 6.67 Å². The number of H-pyrrole nitrogens is 1. The average molecular weight is 87.1 g/mol. The minimum Gasteiger partial charge on any atom is -0.274 e. The standard InChI is InChI=1S/C2H5N3O/c1-3-2-5-4-6-5/h4H,1-2H2. The molecule has 0 aliphatic carbocycles. The SMILES string of the molecule is C=NCn1[nH]o1. The topological polar surface area (TPSA) is 46.2 Å². The summed E-state index contributed by atoms with van der Waals surface area (Å²) in [7, 11) is 0. The first-order valence-electron chi connectivity index (χ1n) is 1.56. The summed E-state index contributed by atoms with van der Waals surface area (Å²) in [6.45, 7) is 3.73. The smallest absolute Gasteiger partial charge is 0.168 e. The van der Waals surface area contributed by atoms with Gasteiger partial charge < -0.3 is 0 Å². The fourth-order valence-corrected chi connectivity index (χ4v) is 0.177. The number of nitrogens with one attached hydrogen (secondary N) is 1. The van der Waals surface area contributed by atoms with E-state index in [0.717, 1.165) is 0 Å². The van der Waals surface area contributed by atoms with Gasteiger partial charge in [-0.2, -0.15) is 0 Å². The van der Waals surface area contributed by atoms with Gasteiger partial charge in [0.05, 0.1) is 0 Å². The lowest BCUT2D eigenvalue weighted by molar-refractivity contribution is 0.438. The van der Waals surface area contributed by atoms with Crippen molar-refractivity contribution in [3.63, 3.8) is 0 Å². The maximum absolute atomic E-state index is 4.40. The van der Waals surface area contributed by atoms with Crippen LogP contribution in [0.2, 0.25) is 0 Å². The molecule has 0 saturated heterocycles. The van der Waals surface area contributed by atoms with Crippen molar-refractivity contribution in [2.45, 2.75) is 6.67 Å². The van der Waals surface area contributed by atoms with Crippen molar-refractivity contribution >= 4 is 6.72 Å². The van der Waals surface area contributed by atoms with E-state index in [4.69, 9.17) is 0 Å². The van der Waals surface area contributed by atoms with Gasteiger partial charge in [-0.25, -0.2) is 0 Å². The van der Waals surface area contributed by atoms with E-state index < -0.39 is 0 Å². The molecule has 0 aliphatic rings. The van der Waals surface area contributed by atoms with Crippen molar-refractivity contribution in [1.82, 2.24) is 10.1 Å². The molecule has 0 fully saturated rings. The lowest BCUT2D eigenvalue weighted by Gasteiger charge is -1.69. The third kappa shape index (κ3) is 0.512. The highest BCUT2D eigenvalue weighted by Gasteiger charge is 1.87. The molecule has 0 aliphatic heterocycles. The Hall–Kier alpha value is -0.930. The number of aliphatic imine (C=N–C) groups is 1. The maximum Gasteiger partial charge on any atom is 0.168 e. The molecule has 0 amide bonds. The van der Waals surface area contributed by atoms with Crippen molar-refractivity contribution in [2.24, 2.45) is 4.99 Å². The number of hydrogen-bond donors (Lipinski definition) is 1. The molecule has 6 heavy (non-hydrogen) atoms. The highest BCUT2D eigenvalue weighted by atomic mass is 16.7. The number of nitrogens with zero attached hydrogens (tertiary/aromatic N) is 2. The van der Waals surface area contributed by atoms with Gasteiger partial charge in [-0.05, 0) is 6.72 Å². The highest BCUT2D eigenvalue weighted by Crippen LogP contribution is 1.81. The second-order valence-electron chi connectivity index (χ2n) is 0.926. The Balaban J connectivity index is 2.24. The highest BCUT2D eigenvalue weighted by molar-refractivity contribution is 5.22. The molecule has 1 heterocycles. The third-order valence-electron chi connectivity index (χ3n) is 0.449. The fourth-order valence-electron chi connectivity index (χ4n) is 0.177. The lowest BCUT2D eigenvalue weighted by Crippen LogP contribution is -1.77. The minimum absolute atomic E-state index is 0.500. The van der Waals surface area contributed by atoms with Crippen LogP contribution in [0.5, 0.6) is 0 Å². The van der Waals surface area contributed by atoms with Gasteiger partial charge in [0.1, 0.15) is 0 Å². The van der Waals surface area contributed by atoms with Crippen LogP contribution >= 0.6 is 0 Å². The van der Waals surface area contributed by atoms with E-state index >= 15 is 0 Å². The Bertz CT molecular complexity index is 106. The van der Waals surface area contributed by atoms with E-state index in [1.54, 1.807) is 0 Å². The van der Waals surface area contributed by atoms with Gasteiger partial charge >= 0.3 is 0 Å². The summed E-state index contributed by atoms with van der Waals surface area (Å²) in [5.74, 6) is 0. The molecule has 0 saturated carbocycles. The minimum atomic E-state index is 0.500. The molecule has 1 N–H and O–H groups in total.